The first-order valence-corrected chi connectivity index (χ1v) is 16.9. The molecule has 0 spiro atoms. The number of allylic oxidation sites excluding steroid dienone is 2. The van der Waals surface area contributed by atoms with Crippen LogP contribution in [0.5, 0.6) is 23.0 Å². The number of carbonyl (C=O) groups excluding carboxylic acids is 2. The Bertz CT molecular complexity index is 1800. The molecule has 2 amide bonds. The lowest BCUT2D eigenvalue weighted by Crippen LogP contribution is -2.35. The minimum atomic E-state index is -0.374. The van der Waals surface area contributed by atoms with E-state index in [0.29, 0.717) is 95.8 Å². The van der Waals surface area contributed by atoms with Crippen molar-refractivity contribution < 1.29 is 28.5 Å². The van der Waals surface area contributed by atoms with Gasteiger partial charge in [0.2, 0.25) is 0 Å². The van der Waals surface area contributed by atoms with Crippen LogP contribution < -0.4 is 29.6 Å². The van der Waals surface area contributed by atoms with E-state index in [-0.39, 0.29) is 24.9 Å². The number of methoxy groups -OCH3 is 2. The first kappa shape index (κ1) is 37.0. The largest absolute Gasteiger partial charge is 0.497 e. The van der Waals surface area contributed by atoms with E-state index < -0.39 is 0 Å². The lowest BCUT2D eigenvalue weighted by atomic mass is 10.0. The molecular formula is C40H42N6O6. The molecule has 0 atom stereocenters. The van der Waals surface area contributed by atoms with Crippen molar-refractivity contribution >= 4 is 34.6 Å². The van der Waals surface area contributed by atoms with Gasteiger partial charge in [-0.3, -0.25) is 9.59 Å². The summed E-state index contributed by atoms with van der Waals surface area (Å²) >= 11 is 0. The van der Waals surface area contributed by atoms with Crippen LogP contribution in [0.4, 0.5) is 22.7 Å². The van der Waals surface area contributed by atoms with Crippen LogP contribution in [-0.2, 0) is 12.8 Å². The number of amides is 2. The predicted octanol–water partition coefficient (Wildman–Crippen LogP) is 8.70. The van der Waals surface area contributed by atoms with E-state index in [4.69, 9.17) is 18.9 Å². The minimum absolute atomic E-state index is 0.144. The second kappa shape index (κ2) is 18.6. The molecule has 0 saturated heterocycles. The van der Waals surface area contributed by atoms with Crippen LogP contribution in [0.3, 0.4) is 0 Å². The number of hydrogen-bond donors (Lipinski definition) is 2. The normalized spacial score (nSPS) is 14.0. The Morgan fingerprint density at radius 2 is 1.00 bits per heavy atom. The molecule has 4 aromatic carbocycles. The molecule has 1 aliphatic heterocycles. The highest BCUT2D eigenvalue weighted by molar-refractivity contribution is 5.99. The molecule has 1 heterocycles. The van der Waals surface area contributed by atoms with Gasteiger partial charge in [-0.1, -0.05) is 12.2 Å². The van der Waals surface area contributed by atoms with Crippen molar-refractivity contribution in [2.24, 2.45) is 20.5 Å². The van der Waals surface area contributed by atoms with Crippen LogP contribution >= 0.6 is 0 Å². The van der Waals surface area contributed by atoms with Crippen molar-refractivity contribution in [2.75, 3.05) is 40.5 Å². The van der Waals surface area contributed by atoms with Crippen LogP contribution in [-0.4, -0.2) is 52.3 Å². The van der Waals surface area contributed by atoms with Gasteiger partial charge < -0.3 is 29.6 Å². The Morgan fingerprint density at radius 3 is 1.37 bits per heavy atom. The van der Waals surface area contributed by atoms with E-state index in [0.717, 1.165) is 11.1 Å². The Hall–Kier alpha value is -6.30. The highest BCUT2D eigenvalue weighted by atomic mass is 16.5. The summed E-state index contributed by atoms with van der Waals surface area (Å²) in [4.78, 5) is 27.3. The number of fused-ring (bicyclic) bond motifs is 2. The number of nitrogens with one attached hydrogen (secondary N) is 2. The fourth-order valence-electron chi connectivity index (χ4n) is 5.38. The van der Waals surface area contributed by atoms with Crippen molar-refractivity contribution in [1.29, 1.82) is 0 Å². The third-order valence-electron chi connectivity index (χ3n) is 7.95. The van der Waals surface area contributed by atoms with E-state index in [2.05, 4.69) is 44.2 Å². The zero-order chi connectivity index (χ0) is 36.7. The molecule has 12 heteroatoms. The van der Waals surface area contributed by atoms with E-state index in [1.165, 1.54) is 0 Å². The third-order valence-corrected chi connectivity index (χ3v) is 7.95. The van der Waals surface area contributed by atoms with E-state index >= 15 is 0 Å². The molecule has 0 fully saturated rings. The molecule has 1 aliphatic rings. The van der Waals surface area contributed by atoms with Gasteiger partial charge in [0.05, 0.1) is 61.3 Å². The molecule has 0 unspecified atom stereocenters. The van der Waals surface area contributed by atoms with Crippen LogP contribution in [0.2, 0.25) is 0 Å². The third kappa shape index (κ3) is 9.90. The van der Waals surface area contributed by atoms with E-state index in [1.807, 2.05) is 12.1 Å². The Balaban J connectivity index is 1.39. The SMILES string of the molecule is C=CCc1cc(N=Nc2ccc(OC)cc2)cc2c1OCCCCOc1c(CC=C)cc(N=Nc3ccc(OC)cc3)cc1C(=O)NCCNC2=O. The molecule has 52 heavy (non-hydrogen) atoms. The Morgan fingerprint density at radius 1 is 0.615 bits per heavy atom. The lowest BCUT2D eigenvalue weighted by molar-refractivity contribution is 0.0922. The summed E-state index contributed by atoms with van der Waals surface area (Å²) in [5.74, 6) is 1.57. The lowest BCUT2D eigenvalue weighted by Gasteiger charge is -2.19. The summed E-state index contributed by atoms with van der Waals surface area (Å²) in [7, 11) is 3.19. The standard InChI is InChI=1S/C40H42N6O6/c1-5-9-27-23-31(45-43-29-11-15-33(49-3)16-12-29)25-35-37(27)51-21-7-8-22-52-38-28(10-6-2)24-32(46-44-30-13-17-34(50-4)18-14-30)26-36(38)40(48)42-20-19-41-39(35)47/h5-6,11-18,23-26H,1-2,7-10,19-22H2,3-4H3,(H,41,47)(H,42,48). The number of nitrogens with zero attached hydrogens (tertiary/aromatic N) is 4. The van der Waals surface area contributed by atoms with Crippen LogP contribution in [0.1, 0.15) is 44.7 Å². The van der Waals surface area contributed by atoms with Crippen LogP contribution in [0, 0.1) is 0 Å². The average molecular weight is 703 g/mol. The quantitative estimate of drug-likeness (QED) is 0.125. The second-order valence-corrected chi connectivity index (χ2v) is 11.7. The molecular weight excluding hydrogens is 660 g/mol. The predicted molar refractivity (Wildman–Crippen MR) is 200 cm³/mol. The van der Waals surface area contributed by atoms with Crippen molar-refractivity contribution in [2.45, 2.75) is 25.7 Å². The second-order valence-electron chi connectivity index (χ2n) is 11.7. The number of carbonyl (C=O) groups is 2. The zero-order valence-corrected chi connectivity index (χ0v) is 29.4. The van der Waals surface area contributed by atoms with Crippen LogP contribution in [0.15, 0.2) is 119 Å². The van der Waals surface area contributed by atoms with Gasteiger partial charge in [-0.25, -0.2) is 0 Å². The monoisotopic (exact) mass is 702 g/mol. The maximum Gasteiger partial charge on any atom is 0.255 e. The molecule has 0 aliphatic carbocycles. The highest BCUT2D eigenvalue weighted by Crippen LogP contribution is 2.34. The molecule has 0 aromatic heterocycles. The molecule has 0 radical (unpaired) electrons. The van der Waals surface area contributed by atoms with Gasteiger partial charge in [-0.15, -0.1) is 13.2 Å². The summed E-state index contributed by atoms with van der Waals surface area (Å²) in [5, 5.41) is 23.3. The van der Waals surface area contributed by atoms with E-state index in [1.54, 1.807) is 87.0 Å². The van der Waals surface area contributed by atoms with Crippen molar-refractivity contribution in [1.82, 2.24) is 10.6 Å². The summed E-state index contributed by atoms with van der Waals surface area (Å²) in [6.07, 6.45) is 5.64. The molecule has 0 bridgehead atoms. The molecule has 2 N–H and O–H groups in total. The molecule has 0 saturated carbocycles. The minimum Gasteiger partial charge on any atom is -0.497 e. The summed E-state index contributed by atoms with van der Waals surface area (Å²) < 4.78 is 23.0. The van der Waals surface area contributed by atoms with Crippen molar-refractivity contribution in [3.8, 4) is 23.0 Å². The van der Waals surface area contributed by atoms with Crippen LogP contribution in [0.25, 0.3) is 0 Å². The smallest absolute Gasteiger partial charge is 0.255 e. The maximum absolute atomic E-state index is 13.6. The molecule has 5 rings (SSSR count). The number of hydrogen-bond acceptors (Lipinski definition) is 10. The summed E-state index contributed by atoms with van der Waals surface area (Å²) in [5.41, 5.74) is 4.33. The van der Waals surface area contributed by atoms with Gasteiger partial charge in [0, 0.05) is 24.2 Å². The Kier molecular flexibility index (Phi) is 13.2. The summed E-state index contributed by atoms with van der Waals surface area (Å²) in [6, 6.07) is 21.3. The number of benzene rings is 4. The van der Waals surface area contributed by atoms with Gasteiger partial charge in [-0.2, -0.15) is 20.5 Å². The maximum atomic E-state index is 13.6. The number of azo groups is 2. The zero-order valence-electron chi connectivity index (χ0n) is 29.4. The fourth-order valence-corrected chi connectivity index (χ4v) is 5.38. The Labute approximate surface area is 303 Å². The first-order valence-electron chi connectivity index (χ1n) is 16.9. The van der Waals surface area contributed by atoms with Gasteiger partial charge >= 0.3 is 0 Å². The van der Waals surface area contributed by atoms with Gasteiger partial charge in [0.15, 0.2) is 0 Å². The molecule has 268 valence electrons. The molecule has 12 nitrogen and oxygen atoms in total. The fraction of sp³-hybridized carbons (Fsp3) is 0.250. The summed E-state index contributed by atoms with van der Waals surface area (Å²) in [6.45, 7) is 8.73. The number of ether oxygens (including phenoxy) is 4. The average Bonchev–Trinajstić information content (AvgIpc) is 3.17. The topological polar surface area (TPSA) is 145 Å². The van der Waals surface area contributed by atoms with Gasteiger partial charge in [0.1, 0.15) is 23.0 Å². The van der Waals surface area contributed by atoms with E-state index in [9.17, 15) is 9.59 Å². The van der Waals surface area contributed by atoms with Gasteiger partial charge in [-0.05, 0) is 98.5 Å². The molecule has 4 aromatic rings. The first-order chi connectivity index (χ1) is 25.4. The van der Waals surface area contributed by atoms with Gasteiger partial charge in [0.25, 0.3) is 11.8 Å². The van der Waals surface area contributed by atoms with Crippen molar-refractivity contribution in [3.05, 3.63) is 120 Å². The highest BCUT2D eigenvalue weighted by Gasteiger charge is 2.21. The number of rotatable bonds is 10. The van der Waals surface area contributed by atoms with Crippen molar-refractivity contribution in [3.63, 3.8) is 0 Å².